The van der Waals surface area contributed by atoms with E-state index in [0.29, 0.717) is 13.2 Å². The molecule has 1 aliphatic rings. The molecule has 0 saturated carbocycles. The van der Waals surface area contributed by atoms with Crippen molar-refractivity contribution >= 4 is 17.0 Å². The highest BCUT2D eigenvalue weighted by atomic mass is 16.5. The van der Waals surface area contributed by atoms with Crippen molar-refractivity contribution in [3.8, 4) is 22.6 Å². The third-order valence-corrected chi connectivity index (χ3v) is 6.23. The van der Waals surface area contributed by atoms with E-state index in [9.17, 15) is 4.79 Å². The van der Waals surface area contributed by atoms with E-state index < -0.39 is 0 Å². The van der Waals surface area contributed by atoms with Crippen molar-refractivity contribution in [2.45, 2.75) is 20.4 Å². The van der Waals surface area contributed by atoms with Crippen LogP contribution < -0.4 is 0 Å². The van der Waals surface area contributed by atoms with Crippen LogP contribution in [0.15, 0.2) is 48.8 Å². The summed E-state index contributed by atoms with van der Waals surface area (Å²) >= 11 is 0. The minimum absolute atomic E-state index is 0.155. The first-order valence-corrected chi connectivity index (χ1v) is 11.9. The first-order valence-electron chi connectivity index (χ1n) is 11.9. The molecule has 5 heterocycles. The Morgan fingerprint density at radius 1 is 1.03 bits per heavy atom. The van der Waals surface area contributed by atoms with Gasteiger partial charge in [0.05, 0.1) is 35.6 Å². The van der Waals surface area contributed by atoms with Crippen LogP contribution in [-0.4, -0.2) is 80.2 Å². The zero-order valence-corrected chi connectivity index (χ0v) is 20.1. The summed E-state index contributed by atoms with van der Waals surface area (Å²) in [5.41, 5.74) is 7.17. The fourth-order valence-corrected chi connectivity index (χ4v) is 4.45. The molecule has 1 aliphatic heterocycles. The number of nitrogens with zero attached hydrogens (tertiary/aromatic N) is 6. The number of rotatable bonds is 7. The summed E-state index contributed by atoms with van der Waals surface area (Å²) in [6, 6.07) is 12.0. The average Bonchev–Trinajstić information content (AvgIpc) is 3.35. The highest BCUT2D eigenvalue weighted by molar-refractivity contribution is 5.84. The van der Waals surface area contributed by atoms with E-state index >= 15 is 0 Å². The maximum atomic E-state index is 11.8. The maximum absolute atomic E-state index is 11.8. The van der Waals surface area contributed by atoms with Gasteiger partial charge in [0.1, 0.15) is 5.69 Å². The van der Waals surface area contributed by atoms with Gasteiger partial charge in [-0.25, -0.2) is 4.98 Å². The van der Waals surface area contributed by atoms with E-state index in [1.54, 1.807) is 0 Å². The van der Waals surface area contributed by atoms with E-state index in [4.69, 9.17) is 9.72 Å². The Bertz CT molecular complexity index is 1330. The van der Waals surface area contributed by atoms with Gasteiger partial charge in [-0.3, -0.25) is 29.7 Å². The molecule has 1 saturated heterocycles. The first kappa shape index (κ1) is 23.1. The summed E-state index contributed by atoms with van der Waals surface area (Å²) in [5, 5.41) is 7.43. The lowest BCUT2D eigenvalue weighted by Crippen LogP contribution is -2.47. The molecule has 35 heavy (non-hydrogen) atoms. The molecule has 9 heteroatoms. The number of esters is 1. The third kappa shape index (κ3) is 5.21. The number of hydrogen-bond donors (Lipinski definition) is 1. The number of fused-ring (bicyclic) bond motifs is 1. The Balaban J connectivity index is 1.36. The van der Waals surface area contributed by atoms with Gasteiger partial charge < -0.3 is 4.74 Å². The second-order valence-electron chi connectivity index (χ2n) is 8.70. The molecule has 0 bridgehead atoms. The number of hydrogen-bond acceptors (Lipinski definition) is 8. The van der Waals surface area contributed by atoms with Crippen LogP contribution in [0, 0.1) is 6.92 Å². The summed E-state index contributed by atoms with van der Waals surface area (Å²) in [6.07, 6.45) is 3.71. The molecule has 0 atom stereocenters. The molecule has 180 valence electrons. The molecule has 9 nitrogen and oxygen atoms in total. The second-order valence-corrected chi connectivity index (χ2v) is 8.70. The van der Waals surface area contributed by atoms with Crippen molar-refractivity contribution in [2.24, 2.45) is 0 Å². The van der Waals surface area contributed by atoms with E-state index in [-0.39, 0.29) is 5.97 Å². The fourth-order valence-electron chi connectivity index (χ4n) is 4.45. The van der Waals surface area contributed by atoms with Gasteiger partial charge >= 0.3 is 5.97 Å². The molecule has 0 aromatic carbocycles. The van der Waals surface area contributed by atoms with Crippen LogP contribution in [0.5, 0.6) is 0 Å². The van der Waals surface area contributed by atoms with Gasteiger partial charge in [-0.15, -0.1) is 0 Å². The predicted molar refractivity (Wildman–Crippen MR) is 133 cm³/mol. The van der Waals surface area contributed by atoms with Crippen molar-refractivity contribution < 1.29 is 9.53 Å². The number of H-pyrrole nitrogens is 1. The molecular weight excluding hydrogens is 442 g/mol. The van der Waals surface area contributed by atoms with Gasteiger partial charge in [0, 0.05) is 56.4 Å². The van der Waals surface area contributed by atoms with Crippen molar-refractivity contribution in [3.63, 3.8) is 0 Å². The number of nitrogens with one attached hydrogen (secondary N) is 1. The summed E-state index contributed by atoms with van der Waals surface area (Å²) in [7, 11) is 0. The molecule has 0 unspecified atom stereocenters. The molecule has 4 aromatic rings. The van der Waals surface area contributed by atoms with Crippen LogP contribution in [-0.2, 0) is 16.1 Å². The van der Waals surface area contributed by atoms with Crippen LogP contribution in [0.4, 0.5) is 0 Å². The Hall–Kier alpha value is -3.69. The highest BCUT2D eigenvalue weighted by Crippen LogP contribution is 2.29. The van der Waals surface area contributed by atoms with E-state index in [1.165, 1.54) is 0 Å². The lowest BCUT2D eigenvalue weighted by Gasteiger charge is -2.34. The average molecular weight is 472 g/mol. The lowest BCUT2D eigenvalue weighted by atomic mass is 10.1. The zero-order chi connectivity index (χ0) is 24.2. The number of carbonyl (C=O) groups is 1. The van der Waals surface area contributed by atoms with E-state index in [0.717, 1.165) is 77.7 Å². The number of pyridine rings is 3. The van der Waals surface area contributed by atoms with Gasteiger partial charge in [0.25, 0.3) is 0 Å². The van der Waals surface area contributed by atoms with Crippen LogP contribution >= 0.6 is 0 Å². The van der Waals surface area contributed by atoms with Gasteiger partial charge in [0.15, 0.2) is 0 Å². The van der Waals surface area contributed by atoms with Crippen LogP contribution in [0.1, 0.15) is 18.2 Å². The Morgan fingerprint density at radius 2 is 1.86 bits per heavy atom. The summed E-state index contributed by atoms with van der Waals surface area (Å²) in [4.78, 5) is 30.5. The summed E-state index contributed by atoms with van der Waals surface area (Å²) in [6.45, 7) is 8.80. The minimum atomic E-state index is -0.155. The van der Waals surface area contributed by atoms with Crippen molar-refractivity contribution in [3.05, 3.63) is 60.0 Å². The SMILES string of the molecule is CCOC(=O)CN1CCN(Cc2ccnc3ccc(-c4c[nH]nc4-c4cccc(C)n4)nc23)CC1. The lowest BCUT2D eigenvalue weighted by molar-refractivity contribution is -0.144. The third-order valence-electron chi connectivity index (χ3n) is 6.23. The van der Waals surface area contributed by atoms with Gasteiger partial charge in [-0.05, 0) is 49.7 Å². The van der Waals surface area contributed by atoms with Gasteiger partial charge in [-0.1, -0.05) is 6.07 Å². The largest absolute Gasteiger partial charge is 0.465 e. The monoisotopic (exact) mass is 471 g/mol. The number of ether oxygens (including phenoxy) is 1. The molecule has 1 fully saturated rings. The molecule has 0 aliphatic carbocycles. The molecular formula is C26H29N7O2. The molecule has 1 N–H and O–H groups in total. The van der Waals surface area contributed by atoms with Crippen LogP contribution in [0.3, 0.4) is 0 Å². The standard InChI is InChI=1S/C26H29N7O2/c1-3-35-24(34)17-33-13-11-32(12-14-33)16-19-9-10-27-22-8-7-21(30-25(19)22)20-15-28-31-26(20)23-6-4-5-18(2)29-23/h4-10,15H,3,11-14,16-17H2,1-2H3,(H,28,31). The molecule has 0 radical (unpaired) electrons. The van der Waals surface area contributed by atoms with Crippen molar-refractivity contribution in [1.29, 1.82) is 0 Å². The number of carbonyl (C=O) groups excluding carboxylic acids is 1. The molecule has 0 spiro atoms. The van der Waals surface area contributed by atoms with Crippen molar-refractivity contribution in [2.75, 3.05) is 39.3 Å². The molecule has 0 amide bonds. The topological polar surface area (TPSA) is 100 Å². The normalized spacial score (nSPS) is 14.9. The minimum Gasteiger partial charge on any atom is -0.465 e. The Labute approximate surface area is 204 Å². The quantitative estimate of drug-likeness (QED) is 0.411. The van der Waals surface area contributed by atoms with Crippen LogP contribution in [0.25, 0.3) is 33.7 Å². The summed E-state index contributed by atoms with van der Waals surface area (Å²) in [5.74, 6) is -0.155. The Morgan fingerprint density at radius 3 is 2.66 bits per heavy atom. The van der Waals surface area contributed by atoms with E-state index in [2.05, 4.69) is 30.0 Å². The predicted octanol–water partition coefficient (Wildman–Crippen LogP) is 3.07. The maximum Gasteiger partial charge on any atom is 0.320 e. The number of aromatic nitrogens is 5. The molecule has 5 rings (SSSR count). The number of aromatic amines is 1. The van der Waals surface area contributed by atoms with Gasteiger partial charge in [0.2, 0.25) is 0 Å². The first-order chi connectivity index (χ1) is 17.1. The van der Waals surface area contributed by atoms with Gasteiger partial charge in [-0.2, -0.15) is 5.10 Å². The Kier molecular flexibility index (Phi) is 6.78. The number of piperazine rings is 1. The highest BCUT2D eigenvalue weighted by Gasteiger charge is 2.21. The van der Waals surface area contributed by atoms with Crippen molar-refractivity contribution in [1.82, 2.24) is 34.9 Å². The zero-order valence-electron chi connectivity index (χ0n) is 20.1. The second kappa shape index (κ2) is 10.3. The molecule has 4 aromatic heterocycles. The summed E-state index contributed by atoms with van der Waals surface area (Å²) < 4.78 is 5.08. The number of aryl methyl sites for hydroxylation is 1. The fraction of sp³-hybridized carbons (Fsp3) is 0.346. The van der Waals surface area contributed by atoms with E-state index in [1.807, 2.05) is 62.6 Å². The smallest absolute Gasteiger partial charge is 0.320 e. The van der Waals surface area contributed by atoms with Crippen LogP contribution in [0.2, 0.25) is 0 Å².